The summed E-state index contributed by atoms with van der Waals surface area (Å²) in [5.74, 6) is 0. The molecule has 0 amide bonds. The van der Waals surface area contributed by atoms with Crippen molar-refractivity contribution in [3.05, 3.63) is 35.4 Å². The number of rotatable bonds is 0. The van der Waals surface area contributed by atoms with Gasteiger partial charge in [-0.05, 0) is 12.1 Å². The summed E-state index contributed by atoms with van der Waals surface area (Å²) in [5, 5.41) is 0.794. The molecule has 10 heavy (non-hydrogen) atoms. The van der Waals surface area contributed by atoms with Crippen LogP contribution in [0.3, 0.4) is 0 Å². The van der Waals surface area contributed by atoms with E-state index in [1.54, 1.807) is 17.7 Å². The summed E-state index contributed by atoms with van der Waals surface area (Å²) in [6.45, 7) is 0. The summed E-state index contributed by atoms with van der Waals surface area (Å²) < 4.78 is 2.25. The van der Waals surface area contributed by atoms with Gasteiger partial charge in [-0.15, -0.1) is 0 Å². The average Bonchev–Trinajstić information content (AvgIpc) is 1.91. The quantitative estimate of drug-likeness (QED) is 0.386. The monoisotopic (exact) mass is 144 g/mol. The Kier molecular flexibility index (Phi) is 6.56. The zero-order valence-corrected chi connectivity index (χ0v) is 6.60. The molecule has 0 spiro atoms. The minimum atomic E-state index is 0.794. The molecule has 1 aromatic carbocycles. The van der Waals surface area contributed by atoms with Crippen molar-refractivity contribution in [2.75, 3.05) is 0 Å². The maximum absolute atomic E-state index is 5.54. The first-order chi connectivity index (χ1) is 4.81. The van der Waals surface area contributed by atoms with Crippen LogP contribution in [0.5, 0.6) is 0 Å². The van der Waals surface area contributed by atoms with Gasteiger partial charge in [-0.25, -0.2) is 0 Å². The third kappa shape index (κ3) is 5.80. The summed E-state index contributed by atoms with van der Waals surface area (Å²) in [5.41, 5.74) is 0. The van der Waals surface area contributed by atoms with Crippen LogP contribution in [0.25, 0.3) is 0 Å². The number of hydrogen-bond acceptors (Lipinski definition) is 0. The summed E-state index contributed by atoms with van der Waals surface area (Å²) >= 11 is 7.19. The first-order valence-corrected chi connectivity index (χ1v) is 3.27. The Labute approximate surface area is 75.8 Å². The first kappa shape index (κ1) is 9.67. The van der Waals surface area contributed by atoms with Crippen LogP contribution in [0.2, 0.25) is 5.02 Å². The topological polar surface area (TPSA) is 0 Å². The Balaban J connectivity index is 0.000000236. The number of terminal acetylenes is 1. The van der Waals surface area contributed by atoms with Crippen LogP contribution >= 0.6 is 11.6 Å². The second kappa shape index (κ2) is 6.78. The second-order valence-electron chi connectivity index (χ2n) is 1.58. The molecule has 46 valence electrons. The molecule has 0 atom stereocenters. The Bertz CT molecular complexity index is 200. The molecular formula is C8H6ClLi. The van der Waals surface area contributed by atoms with E-state index in [-0.39, 0.29) is 0 Å². The molecule has 0 saturated carbocycles. The van der Waals surface area contributed by atoms with Crippen molar-refractivity contribution in [3.8, 4) is 11.0 Å². The van der Waals surface area contributed by atoms with Crippen LogP contribution in [0.15, 0.2) is 30.3 Å². The van der Waals surface area contributed by atoms with E-state index in [2.05, 4.69) is 11.0 Å². The first-order valence-electron chi connectivity index (χ1n) is 2.89. The maximum atomic E-state index is 5.54. The summed E-state index contributed by atoms with van der Waals surface area (Å²) in [6.07, 6.45) is 4.60. The fourth-order valence-corrected chi connectivity index (χ4v) is 0.560. The molecule has 1 aromatic rings. The SMILES string of the molecule is Clc1ccccc1.[Li][C]#C. The molecule has 0 heterocycles. The molecule has 0 N–H and O–H groups in total. The molecule has 0 nitrogen and oxygen atoms in total. The molecule has 0 aliphatic rings. The van der Waals surface area contributed by atoms with Gasteiger partial charge in [-0.3, -0.25) is 0 Å². The van der Waals surface area contributed by atoms with Gasteiger partial charge in [0.1, 0.15) is 0 Å². The van der Waals surface area contributed by atoms with Crippen LogP contribution in [-0.4, -0.2) is 17.7 Å². The van der Waals surface area contributed by atoms with E-state index in [0.29, 0.717) is 0 Å². The predicted octanol–water partition coefficient (Wildman–Crippen LogP) is 2.09. The Morgan fingerprint density at radius 1 is 1.30 bits per heavy atom. The van der Waals surface area contributed by atoms with Gasteiger partial charge in [0.2, 0.25) is 0 Å². The van der Waals surface area contributed by atoms with Crippen LogP contribution in [0.4, 0.5) is 0 Å². The minimum absolute atomic E-state index is 0.794. The molecule has 0 unspecified atom stereocenters. The molecule has 0 fully saturated rings. The van der Waals surface area contributed by atoms with Crippen LogP contribution < -0.4 is 0 Å². The molecule has 0 saturated heterocycles. The third-order valence-electron chi connectivity index (χ3n) is 0.733. The van der Waals surface area contributed by atoms with E-state index >= 15 is 0 Å². The van der Waals surface area contributed by atoms with Gasteiger partial charge in [0.15, 0.2) is 0 Å². The van der Waals surface area contributed by atoms with Crippen molar-refractivity contribution in [3.63, 3.8) is 0 Å². The summed E-state index contributed by atoms with van der Waals surface area (Å²) in [6, 6.07) is 9.44. The zero-order valence-electron chi connectivity index (χ0n) is 5.84. The average molecular weight is 145 g/mol. The predicted molar refractivity (Wildman–Crippen MR) is 46.0 cm³/mol. The summed E-state index contributed by atoms with van der Waals surface area (Å²) in [7, 11) is 0. The number of halogens is 1. The number of hydrogen-bond donors (Lipinski definition) is 0. The Morgan fingerprint density at radius 2 is 1.70 bits per heavy atom. The zero-order chi connectivity index (χ0) is 7.82. The molecule has 0 aromatic heterocycles. The van der Waals surface area contributed by atoms with Crippen molar-refractivity contribution in [2.45, 2.75) is 0 Å². The van der Waals surface area contributed by atoms with Gasteiger partial charge in [0, 0.05) is 5.02 Å². The third-order valence-corrected chi connectivity index (χ3v) is 0.985. The molecule has 0 radical (unpaired) electrons. The van der Waals surface area contributed by atoms with Crippen molar-refractivity contribution in [2.24, 2.45) is 0 Å². The molecule has 0 bridgehead atoms. The fraction of sp³-hybridized carbons (Fsp3) is 0. The van der Waals surface area contributed by atoms with Crippen LogP contribution in [0.1, 0.15) is 0 Å². The number of benzene rings is 1. The van der Waals surface area contributed by atoms with E-state index in [9.17, 15) is 0 Å². The van der Waals surface area contributed by atoms with Crippen LogP contribution in [-0.2, 0) is 0 Å². The summed E-state index contributed by atoms with van der Waals surface area (Å²) in [4.78, 5) is 0. The van der Waals surface area contributed by atoms with Crippen LogP contribution in [0, 0.1) is 11.0 Å². The Hall–Kier alpha value is -0.333. The molecule has 2 heteroatoms. The standard InChI is InChI=1S/C6H5Cl.C2H.Li/c7-6-4-2-1-3-5-6;1-2;/h1-5H;1H;. The van der Waals surface area contributed by atoms with E-state index in [1.807, 2.05) is 30.3 Å². The van der Waals surface area contributed by atoms with Crippen molar-refractivity contribution in [1.29, 1.82) is 0 Å². The van der Waals surface area contributed by atoms with Gasteiger partial charge >= 0.3 is 28.7 Å². The van der Waals surface area contributed by atoms with E-state index in [4.69, 9.17) is 11.6 Å². The molecular weight excluding hydrogens is 138 g/mol. The van der Waals surface area contributed by atoms with E-state index in [1.165, 1.54) is 0 Å². The molecule has 0 aliphatic heterocycles. The van der Waals surface area contributed by atoms with Crippen molar-refractivity contribution >= 4 is 29.3 Å². The van der Waals surface area contributed by atoms with Gasteiger partial charge in [0.25, 0.3) is 0 Å². The molecule has 0 aliphatic carbocycles. The van der Waals surface area contributed by atoms with Gasteiger partial charge < -0.3 is 0 Å². The van der Waals surface area contributed by atoms with Crippen molar-refractivity contribution < 1.29 is 0 Å². The Morgan fingerprint density at radius 3 is 1.90 bits per heavy atom. The van der Waals surface area contributed by atoms with Gasteiger partial charge in [-0.1, -0.05) is 29.8 Å². The van der Waals surface area contributed by atoms with Gasteiger partial charge in [0.05, 0.1) is 0 Å². The van der Waals surface area contributed by atoms with Crippen molar-refractivity contribution in [1.82, 2.24) is 0 Å². The van der Waals surface area contributed by atoms with Gasteiger partial charge in [-0.2, -0.15) is 0 Å². The molecule has 1 rings (SSSR count). The second-order valence-corrected chi connectivity index (χ2v) is 2.02. The normalized spacial score (nSPS) is 7.00. The van der Waals surface area contributed by atoms with E-state index < -0.39 is 0 Å². The van der Waals surface area contributed by atoms with E-state index in [0.717, 1.165) is 5.02 Å². The fourth-order valence-electron chi connectivity index (χ4n) is 0.415.